The second-order valence-electron chi connectivity index (χ2n) is 3.73. The van der Waals surface area contributed by atoms with Gasteiger partial charge in [-0.3, -0.25) is 0 Å². The largest absolute Gasteiger partial charge is 0.393 e. The number of aliphatic hydroxyl groups is 1. The molecule has 0 aromatic rings. The van der Waals surface area contributed by atoms with Crippen molar-refractivity contribution in [2.24, 2.45) is 11.8 Å². The van der Waals surface area contributed by atoms with Gasteiger partial charge in [-0.05, 0) is 24.7 Å². The molecule has 0 amide bonds. The van der Waals surface area contributed by atoms with E-state index in [1.807, 2.05) is 6.08 Å². The van der Waals surface area contributed by atoms with Gasteiger partial charge in [-0.15, -0.1) is 6.58 Å². The zero-order valence-corrected chi connectivity index (χ0v) is 7.88. The molecule has 2 atom stereocenters. The van der Waals surface area contributed by atoms with Crippen molar-refractivity contribution in [3.63, 3.8) is 0 Å². The van der Waals surface area contributed by atoms with Crippen LogP contribution in [0.5, 0.6) is 0 Å². The Kier molecular flexibility index (Phi) is 5.22. The van der Waals surface area contributed by atoms with Gasteiger partial charge in [0.15, 0.2) is 0 Å². The van der Waals surface area contributed by atoms with Crippen LogP contribution in [-0.2, 0) is 0 Å². The summed E-state index contributed by atoms with van der Waals surface area (Å²) in [6, 6.07) is 0. The SMILES string of the molecule is C=CC(C)CC(O)CC(C)C. The highest BCUT2D eigenvalue weighted by Crippen LogP contribution is 2.13. The van der Waals surface area contributed by atoms with Crippen LogP contribution in [0.2, 0.25) is 0 Å². The highest BCUT2D eigenvalue weighted by atomic mass is 16.3. The Balaban J connectivity index is 3.51. The molecule has 0 radical (unpaired) electrons. The summed E-state index contributed by atoms with van der Waals surface area (Å²) in [7, 11) is 0. The number of allylic oxidation sites excluding steroid dienone is 1. The summed E-state index contributed by atoms with van der Waals surface area (Å²) in [5.74, 6) is 1.02. The van der Waals surface area contributed by atoms with Crippen LogP contribution < -0.4 is 0 Å². The molecular weight excluding hydrogens is 136 g/mol. The smallest absolute Gasteiger partial charge is 0.0548 e. The first-order chi connectivity index (χ1) is 5.06. The average Bonchev–Trinajstić information content (AvgIpc) is 1.85. The van der Waals surface area contributed by atoms with Gasteiger partial charge in [0.25, 0.3) is 0 Å². The third-order valence-electron chi connectivity index (χ3n) is 1.79. The van der Waals surface area contributed by atoms with Gasteiger partial charge in [0.05, 0.1) is 6.10 Å². The molecule has 0 aromatic carbocycles. The predicted molar refractivity (Wildman–Crippen MR) is 49.4 cm³/mol. The molecule has 1 N–H and O–H groups in total. The zero-order chi connectivity index (χ0) is 8.85. The summed E-state index contributed by atoms with van der Waals surface area (Å²) in [6.07, 6.45) is 3.49. The number of hydrogen-bond acceptors (Lipinski definition) is 1. The average molecular weight is 156 g/mol. The summed E-state index contributed by atoms with van der Waals surface area (Å²) in [5, 5.41) is 9.47. The number of rotatable bonds is 5. The fraction of sp³-hybridized carbons (Fsp3) is 0.800. The number of hydrogen-bond donors (Lipinski definition) is 1. The van der Waals surface area contributed by atoms with Crippen LogP contribution in [-0.4, -0.2) is 11.2 Å². The van der Waals surface area contributed by atoms with Gasteiger partial charge in [0, 0.05) is 0 Å². The highest BCUT2D eigenvalue weighted by Gasteiger charge is 2.08. The minimum atomic E-state index is -0.150. The van der Waals surface area contributed by atoms with Gasteiger partial charge < -0.3 is 5.11 Å². The van der Waals surface area contributed by atoms with E-state index in [0.29, 0.717) is 11.8 Å². The summed E-state index contributed by atoms with van der Waals surface area (Å²) < 4.78 is 0. The lowest BCUT2D eigenvalue weighted by Crippen LogP contribution is -2.13. The van der Waals surface area contributed by atoms with E-state index in [4.69, 9.17) is 0 Å². The van der Waals surface area contributed by atoms with Crippen molar-refractivity contribution < 1.29 is 5.11 Å². The number of aliphatic hydroxyl groups excluding tert-OH is 1. The van der Waals surface area contributed by atoms with Crippen LogP contribution in [0.25, 0.3) is 0 Å². The molecule has 0 spiro atoms. The standard InChI is InChI=1S/C10H20O/c1-5-9(4)7-10(11)6-8(2)3/h5,8-11H,1,6-7H2,2-4H3. The second kappa shape index (κ2) is 5.36. The summed E-state index contributed by atoms with van der Waals surface area (Å²) in [5.41, 5.74) is 0. The Hall–Kier alpha value is -0.300. The van der Waals surface area contributed by atoms with Crippen molar-refractivity contribution >= 4 is 0 Å². The minimum absolute atomic E-state index is 0.150. The lowest BCUT2D eigenvalue weighted by molar-refractivity contribution is 0.129. The van der Waals surface area contributed by atoms with Crippen molar-refractivity contribution in [1.82, 2.24) is 0 Å². The molecule has 0 aliphatic heterocycles. The minimum Gasteiger partial charge on any atom is -0.393 e. The van der Waals surface area contributed by atoms with Crippen molar-refractivity contribution in [2.45, 2.75) is 39.7 Å². The first-order valence-corrected chi connectivity index (χ1v) is 4.36. The van der Waals surface area contributed by atoms with Crippen molar-refractivity contribution in [3.05, 3.63) is 12.7 Å². The Morgan fingerprint density at radius 2 is 1.82 bits per heavy atom. The van der Waals surface area contributed by atoms with E-state index in [-0.39, 0.29) is 6.10 Å². The lowest BCUT2D eigenvalue weighted by atomic mass is 9.97. The normalized spacial score (nSPS) is 16.5. The van der Waals surface area contributed by atoms with Crippen LogP contribution in [0.3, 0.4) is 0 Å². The quantitative estimate of drug-likeness (QED) is 0.607. The molecule has 0 fully saturated rings. The molecule has 0 heterocycles. The Morgan fingerprint density at radius 3 is 2.18 bits per heavy atom. The maximum atomic E-state index is 9.47. The van der Waals surface area contributed by atoms with E-state index in [0.717, 1.165) is 12.8 Å². The molecule has 0 saturated carbocycles. The first kappa shape index (κ1) is 10.7. The molecule has 0 saturated heterocycles. The van der Waals surface area contributed by atoms with E-state index in [9.17, 15) is 5.11 Å². The molecule has 0 aliphatic carbocycles. The molecule has 0 bridgehead atoms. The molecule has 1 heteroatoms. The monoisotopic (exact) mass is 156 g/mol. The van der Waals surface area contributed by atoms with E-state index in [1.54, 1.807) is 0 Å². The van der Waals surface area contributed by atoms with Crippen LogP contribution in [0.15, 0.2) is 12.7 Å². The first-order valence-electron chi connectivity index (χ1n) is 4.36. The van der Waals surface area contributed by atoms with Crippen molar-refractivity contribution in [2.75, 3.05) is 0 Å². The van der Waals surface area contributed by atoms with E-state index < -0.39 is 0 Å². The van der Waals surface area contributed by atoms with Gasteiger partial charge in [-0.1, -0.05) is 26.8 Å². The Morgan fingerprint density at radius 1 is 1.27 bits per heavy atom. The maximum absolute atomic E-state index is 9.47. The molecule has 1 nitrogen and oxygen atoms in total. The van der Waals surface area contributed by atoms with E-state index in [1.165, 1.54) is 0 Å². The fourth-order valence-electron chi connectivity index (χ4n) is 1.17. The topological polar surface area (TPSA) is 20.2 Å². The Bertz CT molecular complexity index is 107. The summed E-state index contributed by atoms with van der Waals surface area (Å²) >= 11 is 0. The summed E-state index contributed by atoms with van der Waals surface area (Å²) in [4.78, 5) is 0. The van der Waals surface area contributed by atoms with Crippen LogP contribution in [0, 0.1) is 11.8 Å². The lowest BCUT2D eigenvalue weighted by Gasteiger charge is -2.14. The molecule has 2 unspecified atom stereocenters. The third-order valence-corrected chi connectivity index (χ3v) is 1.79. The second-order valence-corrected chi connectivity index (χ2v) is 3.73. The molecule has 0 rings (SSSR count). The van der Waals surface area contributed by atoms with Crippen molar-refractivity contribution in [3.8, 4) is 0 Å². The molecule has 66 valence electrons. The zero-order valence-electron chi connectivity index (χ0n) is 7.88. The van der Waals surface area contributed by atoms with Gasteiger partial charge in [-0.25, -0.2) is 0 Å². The molecule has 0 aliphatic rings. The molecule has 11 heavy (non-hydrogen) atoms. The molecular formula is C10H20O. The Labute approximate surface area is 70.1 Å². The van der Waals surface area contributed by atoms with Gasteiger partial charge >= 0.3 is 0 Å². The van der Waals surface area contributed by atoms with Crippen LogP contribution in [0.1, 0.15) is 33.6 Å². The van der Waals surface area contributed by atoms with E-state index >= 15 is 0 Å². The van der Waals surface area contributed by atoms with Crippen LogP contribution in [0.4, 0.5) is 0 Å². The van der Waals surface area contributed by atoms with Crippen molar-refractivity contribution in [1.29, 1.82) is 0 Å². The molecule has 0 aromatic heterocycles. The van der Waals surface area contributed by atoms with Gasteiger partial charge in [0.2, 0.25) is 0 Å². The maximum Gasteiger partial charge on any atom is 0.0548 e. The highest BCUT2D eigenvalue weighted by molar-refractivity contribution is 4.77. The van der Waals surface area contributed by atoms with Gasteiger partial charge in [0.1, 0.15) is 0 Å². The fourth-order valence-corrected chi connectivity index (χ4v) is 1.17. The predicted octanol–water partition coefficient (Wildman–Crippen LogP) is 2.61. The van der Waals surface area contributed by atoms with Crippen LogP contribution >= 0.6 is 0 Å². The summed E-state index contributed by atoms with van der Waals surface area (Å²) in [6.45, 7) is 10.0. The van der Waals surface area contributed by atoms with Gasteiger partial charge in [-0.2, -0.15) is 0 Å². The third kappa shape index (κ3) is 6.11. The van der Waals surface area contributed by atoms with E-state index in [2.05, 4.69) is 27.4 Å².